The molecule has 0 atom stereocenters. The molecular weight excluding hydrogens is 504 g/mol. The van der Waals surface area contributed by atoms with Crippen LogP contribution >= 0.6 is 0 Å². The summed E-state index contributed by atoms with van der Waals surface area (Å²) in [5, 5.41) is 7.61. The van der Waals surface area contributed by atoms with Crippen molar-refractivity contribution in [3.63, 3.8) is 0 Å². The van der Waals surface area contributed by atoms with E-state index in [0.717, 1.165) is 0 Å². The normalized spacial score (nSPS) is 11.3. The van der Waals surface area contributed by atoms with E-state index in [2.05, 4.69) is 170 Å². The Balaban J connectivity index is 1.48. The molecule has 0 aliphatic heterocycles. The van der Waals surface area contributed by atoms with Crippen LogP contribution in [0, 0.1) is 0 Å². The molecule has 0 aromatic heterocycles. The molecule has 0 saturated heterocycles. The summed E-state index contributed by atoms with van der Waals surface area (Å²) in [6.07, 6.45) is 0. The molecule has 0 fully saturated rings. The fourth-order valence-corrected chi connectivity index (χ4v) is 6.60. The van der Waals surface area contributed by atoms with Crippen LogP contribution in [0.15, 0.2) is 170 Å². The summed E-state index contributed by atoms with van der Waals surface area (Å²) in [5.41, 5.74) is 10.0. The van der Waals surface area contributed by atoms with E-state index in [4.69, 9.17) is 0 Å². The van der Waals surface area contributed by atoms with Crippen molar-refractivity contribution >= 4 is 32.3 Å². The Kier molecular flexibility index (Phi) is 5.90. The zero-order valence-electron chi connectivity index (χ0n) is 23.2. The molecule has 0 aliphatic carbocycles. The molecule has 0 N–H and O–H groups in total. The molecule has 8 aromatic carbocycles. The van der Waals surface area contributed by atoms with Crippen LogP contribution in [0.3, 0.4) is 0 Å². The van der Waals surface area contributed by atoms with Gasteiger partial charge in [0.25, 0.3) is 0 Å². The second-order valence-electron chi connectivity index (χ2n) is 10.9. The lowest BCUT2D eigenvalue weighted by Gasteiger charge is -2.19. The van der Waals surface area contributed by atoms with Gasteiger partial charge in [0, 0.05) is 0 Å². The Labute approximate surface area is 246 Å². The van der Waals surface area contributed by atoms with Crippen LogP contribution in [0.25, 0.3) is 76.8 Å². The van der Waals surface area contributed by atoms with Crippen molar-refractivity contribution in [2.75, 3.05) is 0 Å². The quantitative estimate of drug-likeness (QED) is 0.198. The van der Waals surface area contributed by atoms with E-state index in [1.807, 2.05) is 0 Å². The van der Waals surface area contributed by atoms with Gasteiger partial charge in [-0.1, -0.05) is 164 Å². The minimum atomic E-state index is 1.23. The van der Waals surface area contributed by atoms with Gasteiger partial charge in [0.05, 0.1) is 0 Å². The van der Waals surface area contributed by atoms with Gasteiger partial charge in [0.15, 0.2) is 0 Å². The minimum absolute atomic E-state index is 1.23. The van der Waals surface area contributed by atoms with Gasteiger partial charge in [0.2, 0.25) is 0 Å². The molecule has 8 rings (SSSR count). The zero-order valence-corrected chi connectivity index (χ0v) is 23.2. The van der Waals surface area contributed by atoms with Crippen LogP contribution in [0.2, 0.25) is 0 Å². The van der Waals surface area contributed by atoms with Crippen molar-refractivity contribution in [3.8, 4) is 44.5 Å². The molecule has 0 spiro atoms. The van der Waals surface area contributed by atoms with E-state index >= 15 is 0 Å². The summed E-state index contributed by atoms with van der Waals surface area (Å²) < 4.78 is 0. The third kappa shape index (κ3) is 4.00. The van der Waals surface area contributed by atoms with Gasteiger partial charge in [0.1, 0.15) is 0 Å². The maximum Gasteiger partial charge on any atom is -0.00261 e. The van der Waals surface area contributed by atoms with Crippen molar-refractivity contribution in [3.05, 3.63) is 170 Å². The Bertz CT molecular complexity index is 2150. The highest BCUT2D eigenvalue weighted by molar-refractivity contribution is 6.22. The van der Waals surface area contributed by atoms with E-state index in [0.29, 0.717) is 0 Å². The van der Waals surface area contributed by atoms with E-state index in [9.17, 15) is 0 Å². The van der Waals surface area contributed by atoms with Crippen molar-refractivity contribution < 1.29 is 0 Å². The maximum atomic E-state index is 2.42. The van der Waals surface area contributed by atoms with Crippen LogP contribution < -0.4 is 0 Å². The lowest BCUT2D eigenvalue weighted by molar-refractivity contribution is 1.61. The fourth-order valence-electron chi connectivity index (χ4n) is 6.60. The van der Waals surface area contributed by atoms with Gasteiger partial charge in [-0.15, -0.1) is 0 Å². The second kappa shape index (κ2) is 10.2. The SMILES string of the molecule is c1ccc(-c2ccc3ccc(-c4c5ccccc5c(-c5ccccc5)c5ccccc45)cc3c2-c2ccccc2)cc1. The van der Waals surface area contributed by atoms with Gasteiger partial charge in [-0.25, -0.2) is 0 Å². The molecule has 0 amide bonds. The average molecular weight is 533 g/mol. The summed E-state index contributed by atoms with van der Waals surface area (Å²) in [6.45, 7) is 0. The number of hydrogen-bond donors (Lipinski definition) is 0. The average Bonchev–Trinajstić information content (AvgIpc) is 3.07. The Morgan fingerprint density at radius 2 is 0.643 bits per heavy atom. The van der Waals surface area contributed by atoms with Crippen LogP contribution in [0.5, 0.6) is 0 Å². The molecule has 196 valence electrons. The van der Waals surface area contributed by atoms with Crippen LogP contribution in [-0.4, -0.2) is 0 Å². The standard InChI is InChI=1S/C42H28/c1-4-14-29(15-5-1)34-27-26-30-24-25-33(28-39(30)40(34)31-16-6-2-7-17-31)42-37-22-12-10-20-35(37)41(32-18-8-3-9-19-32)36-21-11-13-23-38(36)42/h1-28H. The highest BCUT2D eigenvalue weighted by atomic mass is 14.2. The first kappa shape index (κ1) is 24.3. The number of benzene rings is 8. The zero-order chi connectivity index (χ0) is 27.9. The van der Waals surface area contributed by atoms with E-state index < -0.39 is 0 Å². The van der Waals surface area contributed by atoms with Gasteiger partial charge >= 0.3 is 0 Å². The largest absolute Gasteiger partial charge is 0.0622 e. The monoisotopic (exact) mass is 532 g/mol. The highest BCUT2D eigenvalue weighted by Crippen LogP contribution is 2.45. The predicted octanol–water partition coefficient (Wildman–Crippen LogP) is 11.8. The Hall–Kier alpha value is -5.46. The first-order valence-electron chi connectivity index (χ1n) is 14.5. The van der Waals surface area contributed by atoms with Crippen molar-refractivity contribution in [1.82, 2.24) is 0 Å². The molecule has 0 heterocycles. The number of rotatable bonds is 4. The van der Waals surface area contributed by atoms with Crippen LogP contribution in [0.4, 0.5) is 0 Å². The number of hydrogen-bond acceptors (Lipinski definition) is 0. The van der Waals surface area contributed by atoms with E-state index in [1.54, 1.807) is 0 Å². The second-order valence-corrected chi connectivity index (χ2v) is 10.9. The van der Waals surface area contributed by atoms with Gasteiger partial charge < -0.3 is 0 Å². The first-order chi connectivity index (χ1) is 20.9. The highest BCUT2D eigenvalue weighted by Gasteiger charge is 2.18. The maximum absolute atomic E-state index is 2.42. The molecule has 0 unspecified atom stereocenters. The van der Waals surface area contributed by atoms with Gasteiger partial charge in [-0.3, -0.25) is 0 Å². The molecule has 0 aliphatic rings. The van der Waals surface area contributed by atoms with Crippen LogP contribution in [-0.2, 0) is 0 Å². The lowest BCUT2D eigenvalue weighted by atomic mass is 9.84. The molecule has 42 heavy (non-hydrogen) atoms. The van der Waals surface area contributed by atoms with Gasteiger partial charge in [-0.2, -0.15) is 0 Å². The van der Waals surface area contributed by atoms with E-state index in [-0.39, 0.29) is 0 Å². The lowest BCUT2D eigenvalue weighted by Crippen LogP contribution is -1.92. The molecular formula is C42H28. The van der Waals surface area contributed by atoms with Crippen molar-refractivity contribution in [2.45, 2.75) is 0 Å². The number of fused-ring (bicyclic) bond motifs is 3. The predicted molar refractivity (Wildman–Crippen MR) is 181 cm³/mol. The molecule has 0 nitrogen and oxygen atoms in total. The summed E-state index contributed by atoms with van der Waals surface area (Å²) in [6, 6.07) is 61.7. The smallest absolute Gasteiger partial charge is 0.00261 e. The fraction of sp³-hybridized carbons (Fsp3) is 0. The third-order valence-electron chi connectivity index (χ3n) is 8.45. The molecule has 0 saturated carbocycles. The summed E-state index contributed by atoms with van der Waals surface area (Å²) in [4.78, 5) is 0. The first-order valence-corrected chi connectivity index (χ1v) is 14.5. The van der Waals surface area contributed by atoms with Crippen LogP contribution in [0.1, 0.15) is 0 Å². The van der Waals surface area contributed by atoms with E-state index in [1.165, 1.54) is 76.8 Å². The summed E-state index contributed by atoms with van der Waals surface area (Å²) in [7, 11) is 0. The minimum Gasteiger partial charge on any atom is -0.0622 e. The topological polar surface area (TPSA) is 0 Å². The molecule has 0 heteroatoms. The Morgan fingerprint density at radius 1 is 0.238 bits per heavy atom. The Morgan fingerprint density at radius 3 is 1.17 bits per heavy atom. The van der Waals surface area contributed by atoms with Crippen molar-refractivity contribution in [1.29, 1.82) is 0 Å². The summed E-state index contributed by atoms with van der Waals surface area (Å²) >= 11 is 0. The van der Waals surface area contributed by atoms with Crippen molar-refractivity contribution in [2.24, 2.45) is 0 Å². The molecule has 8 aromatic rings. The molecule has 0 bridgehead atoms. The molecule has 0 radical (unpaired) electrons. The van der Waals surface area contributed by atoms with Gasteiger partial charge in [-0.05, 0) is 82.9 Å². The summed E-state index contributed by atoms with van der Waals surface area (Å²) in [5.74, 6) is 0. The third-order valence-corrected chi connectivity index (χ3v) is 8.45.